The molecular weight excluding hydrogens is 411 g/mol. The minimum Gasteiger partial charge on any atom is -0.542 e. The number of pyridine rings is 2. The van der Waals surface area contributed by atoms with Crippen LogP contribution in [0.1, 0.15) is 51.9 Å². The number of nitrogens with zero attached hydrogens (tertiary/aromatic N) is 2. The van der Waals surface area contributed by atoms with Gasteiger partial charge in [0, 0.05) is 18.6 Å². The number of alkyl halides is 3. The van der Waals surface area contributed by atoms with Crippen molar-refractivity contribution in [2.75, 3.05) is 0 Å². The van der Waals surface area contributed by atoms with Crippen molar-refractivity contribution < 1.29 is 22.4 Å². The van der Waals surface area contributed by atoms with Gasteiger partial charge in [0.15, 0.2) is 0 Å². The zero-order valence-corrected chi connectivity index (χ0v) is 19.2. The first-order valence-electron chi connectivity index (χ1n) is 9.78. The van der Waals surface area contributed by atoms with Crippen molar-refractivity contribution in [3.05, 3.63) is 54.6 Å². The maximum absolute atomic E-state index is 11.6. The van der Waals surface area contributed by atoms with Crippen LogP contribution < -0.4 is 9.74 Å². The number of halogens is 3. The van der Waals surface area contributed by atoms with Crippen molar-refractivity contribution in [1.29, 1.82) is 0 Å². The molecule has 0 bridgehead atoms. The van der Waals surface area contributed by atoms with E-state index in [9.17, 15) is 18.0 Å². The summed E-state index contributed by atoms with van der Waals surface area (Å²) in [6.07, 6.45) is 1.34. The summed E-state index contributed by atoms with van der Waals surface area (Å²) >= 11 is 0. The maximum Gasteiger partial charge on any atom is 0.484 e. The number of carbonyl (C=O) groups is 1. The summed E-state index contributed by atoms with van der Waals surface area (Å²) in [7, 11) is -1.81. The van der Waals surface area contributed by atoms with Crippen molar-refractivity contribution in [2.45, 2.75) is 64.5 Å². The van der Waals surface area contributed by atoms with Gasteiger partial charge < -0.3 is 4.43 Å². The van der Waals surface area contributed by atoms with Crippen LogP contribution in [-0.4, -0.2) is 30.5 Å². The lowest BCUT2D eigenvalue weighted by Gasteiger charge is -2.42. The van der Waals surface area contributed by atoms with Gasteiger partial charge in [0.2, 0.25) is 0 Å². The van der Waals surface area contributed by atoms with Gasteiger partial charge in [0.1, 0.15) is 5.75 Å². The first-order valence-corrected chi connectivity index (χ1v) is 11.9. The standard InChI is InChI=1S/C14H25NOSi.C7H5F3N2O/c1-11(2)17(12(3)4,13(5)6)16-14-8-7-9-15-10-14;8-7(9,10)12-6(13)5-2-1-3-11-4-5/h7-13H,1-6H3;1-4H,(H,12,13). The molecule has 0 saturated heterocycles. The third kappa shape index (κ3) is 7.44. The first-order chi connectivity index (χ1) is 13.9. The highest BCUT2D eigenvalue weighted by Gasteiger charge is 2.46. The summed E-state index contributed by atoms with van der Waals surface area (Å²) in [6.45, 7) is 13.8. The Morgan fingerprint density at radius 2 is 1.43 bits per heavy atom. The van der Waals surface area contributed by atoms with E-state index in [1.807, 2.05) is 18.3 Å². The lowest BCUT2D eigenvalue weighted by Crippen LogP contribution is -2.50. The molecule has 166 valence electrons. The average Bonchev–Trinajstić information content (AvgIpc) is 2.66. The predicted octanol–water partition coefficient (Wildman–Crippen LogP) is 5.97. The third-order valence-corrected chi connectivity index (χ3v) is 10.8. The largest absolute Gasteiger partial charge is 0.542 e. The third-order valence-electron chi connectivity index (χ3n) is 4.82. The molecule has 2 rings (SSSR count). The SMILES string of the molecule is CC(C)[Si](Oc1cccnc1)(C(C)C)C(C)C.O=C(NC(F)(F)F)c1cccnc1. The highest BCUT2D eigenvalue weighted by molar-refractivity contribution is 6.78. The number of hydrogen-bond acceptors (Lipinski definition) is 4. The summed E-state index contributed by atoms with van der Waals surface area (Å²) in [4.78, 5) is 18.4. The van der Waals surface area contributed by atoms with E-state index < -0.39 is 20.5 Å². The highest BCUT2D eigenvalue weighted by Crippen LogP contribution is 2.42. The minimum absolute atomic E-state index is 0.125. The minimum atomic E-state index is -4.70. The molecular formula is C21H30F3N3O2Si. The molecule has 30 heavy (non-hydrogen) atoms. The van der Waals surface area contributed by atoms with E-state index in [0.29, 0.717) is 16.6 Å². The Morgan fingerprint density at radius 3 is 1.80 bits per heavy atom. The van der Waals surface area contributed by atoms with Gasteiger partial charge in [-0.15, -0.1) is 0 Å². The first kappa shape index (κ1) is 25.6. The van der Waals surface area contributed by atoms with Crippen LogP contribution in [-0.2, 0) is 0 Å². The van der Waals surface area contributed by atoms with Crippen molar-refractivity contribution in [3.63, 3.8) is 0 Å². The number of carbonyl (C=O) groups excluding carboxylic acids is 1. The number of rotatable bonds is 6. The molecule has 2 aromatic heterocycles. The molecule has 0 aliphatic heterocycles. The zero-order valence-electron chi connectivity index (χ0n) is 18.2. The lowest BCUT2D eigenvalue weighted by molar-refractivity contribution is -0.146. The van der Waals surface area contributed by atoms with Crippen molar-refractivity contribution in [3.8, 4) is 5.75 Å². The maximum atomic E-state index is 11.6. The van der Waals surface area contributed by atoms with Gasteiger partial charge >= 0.3 is 6.30 Å². The second-order valence-corrected chi connectivity index (χ2v) is 13.2. The fourth-order valence-electron chi connectivity index (χ4n) is 3.66. The van der Waals surface area contributed by atoms with Crippen LogP contribution >= 0.6 is 0 Å². The van der Waals surface area contributed by atoms with Crippen molar-refractivity contribution in [1.82, 2.24) is 15.3 Å². The summed E-state index contributed by atoms with van der Waals surface area (Å²) in [5.41, 5.74) is 1.67. The fraction of sp³-hybridized carbons (Fsp3) is 0.476. The Hall–Kier alpha value is -2.42. The molecule has 1 amide bonds. The number of aromatic nitrogens is 2. The topological polar surface area (TPSA) is 64.1 Å². The van der Waals surface area contributed by atoms with Gasteiger partial charge in [0.25, 0.3) is 14.2 Å². The van der Waals surface area contributed by atoms with Crippen LogP contribution in [0.5, 0.6) is 5.75 Å². The van der Waals surface area contributed by atoms with E-state index in [2.05, 4.69) is 51.5 Å². The molecule has 0 fully saturated rings. The van der Waals surface area contributed by atoms with Crippen LogP contribution in [0, 0.1) is 0 Å². The number of nitrogens with one attached hydrogen (secondary N) is 1. The predicted molar refractivity (Wildman–Crippen MR) is 114 cm³/mol. The normalized spacial score (nSPS) is 11.9. The second-order valence-electron chi connectivity index (χ2n) is 7.80. The van der Waals surface area contributed by atoms with E-state index in [0.717, 1.165) is 17.3 Å². The van der Waals surface area contributed by atoms with Crippen LogP contribution in [0.15, 0.2) is 49.1 Å². The van der Waals surface area contributed by atoms with Crippen LogP contribution in [0.3, 0.4) is 0 Å². The van der Waals surface area contributed by atoms with Crippen molar-refractivity contribution >= 4 is 14.2 Å². The smallest absolute Gasteiger partial charge is 0.484 e. The van der Waals surface area contributed by atoms with Gasteiger partial charge in [-0.1, -0.05) is 41.5 Å². The highest BCUT2D eigenvalue weighted by atomic mass is 28.4. The Bertz CT molecular complexity index is 748. The van der Waals surface area contributed by atoms with E-state index in [-0.39, 0.29) is 5.56 Å². The molecule has 0 aliphatic carbocycles. The number of hydrogen-bond donors (Lipinski definition) is 1. The molecule has 5 nitrogen and oxygen atoms in total. The zero-order chi connectivity index (χ0) is 22.9. The molecule has 9 heteroatoms. The summed E-state index contributed by atoms with van der Waals surface area (Å²) in [5.74, 6) is -0.282. The summed E-state index contributed by atoms with van der Waals surface area (Å²) in [5, 5.41) is 0.856. The molecule has 0 atom stereocenters. The van der Waals surface area contributed by atoms with E-state index >= 15 is 0 Å². The summed E-state index contributed by atoms with van der Waals surface area (Å²) < 4.78 is 41.4. The molecule has 0 saturated carbocycles. The quantitative estimate of drug-likeness (QED) is 0.443. The van der Waals surface area contributed by atoms with Gasteiger partial charge in [-0.25, -0.2) is 0 Å². The van der Waals surface area contributed by atoms with E-state index in [1.54, 1.807) is 6.20 Å². The van der Waals surface area contributed by atoms with Gasteiger partial charge in [-0.3, -0.25) is 20.1 Å². The summed E-state index contributed by atoms with van der Waals surface area (Å²) in [6, 6.07) is 6.58. The lowest BCUT2D eigenvalue weighted by atomic mass is 10.3. The van der Waals surface area contributed by atoms with Crippen LogP contribution in [0.25, 0.3) is 0 Å². The Balaban J connectivity index is 0.000000311. The molecule has 0 aliphatic rings. The molecule has 1 N–H and O–H groups in total. The monoisotopic (exact) mass is 441 g/mol. The molecule has 0 radical (unpaired) electrons. The molecule has 0 spiro atoms. The average molecular weight is 442 g/mol. The Kier molecular flexibility index (Phi) is 9.48. The van der Waals surface area contributed by atoms with Gasteiger partial charge in [0.05, 0.1) is 11.8 Å². The van der Waals surface area contributed by atoms with Gasteiger partial charge in [-0.2, -0.15) is 13.2 Å². The van der Waals surface area contributed by atoms with Crippen molar-refractivity contribution in [2.24, 2.45) is 0 Å². The van der Waals surface area contributed by atoms with Gasteiger partial charge in [-0.05, 0) is 40.9 Å². The Morgan fingerprint density at radius 1 is 0.933 bits per heavy atom. The van der Waals surface area contributed by atoms with Crippen LogP contribution in [0.4, 0.5) is 13.2 Å². The van der Waals surface area contributed by atoms with E-state index in [1.165, 1.54) is 18.3 Å². The second kappa shape index (κ2) is 11.1. The molecule has 0 aromatic carbocycles. The number of amides is 1. The van der Waals surface area contributed by atoms with Crippen LogP contribution in [0.2, 0.25) is 16.6 Å². The molecule has 2 heterocycles. The molecule has 2 aromatic rings. The fourth-order valence-corrected chi connectivity index (χ4v) is 8.90. The Labute approximate surface area is 177 Å². The molecule has 0 unspecified atom stereocenters. The van der Waals surface area contributed by atoms with E-state index in [4.69, 9.17) is 4.43 Å².